The molecule has 1 aliphatic rings. The molecule has 1 aliphatic heterocycles. The van der Waals surface area contributed by atoms with Crippen LogP contribution in [-0.4, -0.2) is 33.7 Å². The highest BCUT2D eigenvalue weighted by molar-refractivity contribution is 6.32. The maximum Gasteiger partial charge on any atom is 0.308 e. The lowest BCUT2D eigenvalue weighted by atomic mass is 10.1. The van der Waals surface area contributed by atoms with Crippen LogP contribution < -0.4 is 4.90 Å². The first-order chi connectivity index (χ1) is 7.09. The Morgan fingerprint density at radius 1 is 1.73 bits per heavy atom. The predicted molar refractivity (Wildman–Crippen MR) is 51.7 cm³/mol. The second-order valence-corrected chi connectivity index (χ2v) is 3.69. The monoisotopic (exact) mass is 229 g/mol. The Hall–Kier alpha value is -1.56. The highest BCUT2D eigenvalue weighted by Gasteiger charge is 2.36. The molecule has 1 amide bonds. The molecule has 1 aromatic heterocycles. The number of H-pyrrole nitrogens is 1. The molecule has 0 aromatic carbocycles. The smallest absolute Gasteiger partial charge is 0.308 e. The summed E-state index contributed by atoms with van der Waals surface area (Å²) in [6.45, 7) is 0.146. The van der Waals surface area contributed by atoms with Crippen LogP contribution in [0.2, 0.25) is 5.15 Å². The van der Waals surface area contributed by atoms with Crippen molar-refractivity contribution in [2.75, 3.05) is 11.4 Å². The fourth-order valence-corrected chi connectivity index (χ4v) is 1.76. The van der Waals surface area contributed by atoms with E-state index < -0.39 is 11.9 Å². The van der Waals surface area contributed by atoms with Gasteiger partial charge >= 0.3 is 5.97 Å². The van der Waals surface area contributed by atoms with E-state index >= 15 is 0 Å². The minimum Gasteiger partial charge on any atom is -0.481 e. The lowest BCUT2D eigenvalue weighted by Gasteiger charge is -2.13. The highest BCUT2D eigenvalue weighted by Crippen LogP contribution is 2.29. The van der Waals surface area contributed by atoms with Crippen LogP contribution in [0.1, 0.15) is 6.42 Å². The average molecular weight is 230 g/mol. The highest BCUT2D eigenvalue weighted by atomic mass is 35.5. The third-order valence-electron chi connectivity index (χ3n) is 2.34. The fourth-order valence-electron chi connectivity index (χ4n) is 1.56. The number of carboxylic acids is 1. The first kappa shape index (κ1) is 9.97. The number of aromatic amines is 1. The molecule has 2 rings (SSSR count). The van der Waals surface area contributed by atoms with Gasteiger partial charge in [-0.15, -0.1) is 0 Å². The SMILES string of the molecule is O=C(O)C1CC(=O)N(c2cn[nH]c2Cl)C1. The van der Waals surface area contributed by atoms with Gasteiger partial charge in [-0.3, -0.25) is 14.7 Å². The number of hydrogen-bond donors (Lipinski definition) is 2. The molecule has 0 spiro atoms. The number of hydrogen-bond acceptors (Lipinski definition) is 3. The summed E-state index contributed by atoms with van der Waals surface area (Å²) < 4.78 is 0. The zero-order chi connectivity index (χ0) is 11.0. The van der Waals surface area contributed by atoms with Crippen molar-refractivity contribution >= 4 is 29.2 Å². The minimum atomic E-state index is -0.967. The number of aliphatic carboxylic acids is 1. The van der Waals surface area contributed by atoms with E-state index in [4.69, 9.17) is 16.7 Å². The number of nitrogens with zero attached hydrogens (tertiary/aromatic N) is 2. The number of carbonyl (C=O) groups is 2. The van der Waals surface area contributed by atoms with E-state index in [1.54, 1.807) is 0 Å². The van der Waals surface area contributed by atoms with Crippen LogP contribution in [0.5, 0.6) is 0 Å². The minimum absolute atomic E-state index is 0.0108. The largest absolute Gasteiger partial charge is 0.481 e. The van der Waals surface area contributed by atoms with Gasteiger partial charge in [0.2, 0.25) is 5.91 Å². The van der Waals surface area contributed by atoms with Gasteiger partial charge in [0.25, 0.3) is 0 Å². The molecule has 7 heteroatoms. The number of amides is 1. The third-order valence-corrected chi connectivity index (χ3v) is 2.62. The van der Waals surface area contributed by atoms with Crippen LogP contribution in [-0.2, 0) is 9.59 Å². The van der Waals surface area contributed by atoms with Crippen LogP contribution >= 0.6 is 11.6 Å². The van der Waals surface area contributed by atoms with Gasteiger partial charge in [-0.05, 0) is 0 Å². The number of nitrogens with one attached hydrogen (secondary N) is 1. The zero-order valence-corrected chi connectivity index (χ0v) is 8.36. The molecule has 1 unspecified atom stereocenters. The lowest BCUT2D eigenvalue weighted by Crippen LogP contribution is -2.25. The Balaban J connectivity index is 2.22. The van der Waals surface area contributed by atoms with Crippen molar-refractivity contribution in [1.29, 1.82) is 0 Å². The van der Waals surface area contributed by atoms with Crippen molar-refractivity contribution in [2.45, 2.75) is 6.42 Å². The van der Waals surface area contributed by atoms with E-state index in [1.165, 1.54) is 11.1 Å². The molecular weight excluding hydrogens is 222 g/mol. The predicted octanol–water partition coefficient (Wildman–Crippen LogP) is 0.501. The Labute approximate surface area is 89.8 Å². The summed E-state index contributed by atoms with van der Waals surface area (Å²) in [6.07, 6.45) is 1.42. The molecule has 15 heavy (non-hydrogen) atoms. The van der Waals surface area contributed by atoms with Gasteiger partial charge in [0.15, 0.2) is 0 Å². The molecule has 2 heterocycles. The van der Waals surface area contributed by atoms with Gasteiger partial charge in [0.1, 0.15) is 10.8 Å². The van der Waals surface area contributed by atoms with Gasteiger partial charge < -0.3 is 10.0 Å². The summed E-state index contributed by atoms with van der Waals surface area (Å²) in [7, 11) is 0. The quantitative estimate of drug-likeness (QED) is 0.773. The van der Waals surface area contributed by atoms with E-state index in [1.807, 2.05) is 0 Å². The molecule has 1 saturated heterocycles. The Morgan fingerprint density at radius 3 is 2.93 bits per heavy atom. The van der Waals surface area contributed by atoms with E-state index in [2.05, 4.69) is 10.2 Å². The standard InChI is InChI=1S/C8H8ClN3O3/c9-7-5(2-10-11-7)12-3-4(8(14)15)1-6(12)13/h2,4H,1,3H2,(H,10,11)(H,14,15). The fraction of sp³-hybridized carbons (Fsp3) is 0.375. The molecular formula is C8H8ClN3O3. The molecule has 0 radical (unpaired) electrons. The molecule has 1 atom stereocenters. The van der Waals surface area contributed by atoms with Crippen LogP contribution in [0.3, 0.4) is 0 Å². The van der Waals surface area contributed by atoms with Crippen LogP contribution in [0.4, 0.5) is 5.69 Å². The first-order valence-electron chi connectivity index (χ1n) is 4.31. The van der Waals surface area contributed by atoms with E-state index in [0.29, 0.717) is 5.69 Å². The number of aromatic nitrogens is 2. The first-order valence-corrected chi connectivity index (χ1v) is 4.69. The number of rotatable bonds is 2. The van der Waals surface area contributed by atoms with Crippen LogP contribution in [0.15, 0.2) is 6.20 Å². The van der Waals surface area contributed by atoms with Crippen molar-refractivity contribution in [3.05, 3.63) is 11.3 Å². The molecule has 80 valence electrons. The second kappa shape index (κ2) is 3.54. The zero-order valence-electron chi connectivity index (χ0n) is 7.61. The van der Waals surface area contributed by atoms with Gasteiger partial charge in [0.05, 0.1) is 12.1 Å². The average Bonchev–Trinajstić information content (AvgIpc) is 2.71. The van der Waals surface area contributed by atoms with E-state index in [9.17, 15) is 9.59 Å². The molecule has 1 fully saturated rings. The summed E-state index contributed by atoms with van der Waals surface area (Å²) in [5, 5.41) is 15.2. The van der Waals surface area contributed by atoms with E-state index in [0.717, 1.165) is 0 Å². The summed E-state index contributed by atoms with van der Waals surface area (Å²) in [5.74, 6) is -1.88. The van der Waals surface area contributed by atoms with Crippen molar-refractivity contribution in [2.24, 2.45) is 5.92 Å². The second-order valence-electron chi connectivity index (χ2n) is 3.31. The van der Waals surface area contributed by atoms with Crippen molar-refractivity contribution in [1.82, 2.24) is 10.2 Å². The molecule has 6 nitrogen and oxygen atoms in total. The lowest BCUT2D eigenvalue weighted by molar-refractivity contribution is -0.141. The third kappa shape index (κ3) is 1.68. The number of carbonyl (C=O) groups excluding carboxylic acids is 1. The summed E-state index contributed by atoms with van der Waals surface area (Å²) >= 11 is 5.75. The van der Waals surface area contributed by atoms with Crippen molar-refractivity contribution in [3.8, 4) is 0 Å². The molecule has 0 saturated carbocycles. The van der Waals surface area contributed by atoms with Crippen LogP contribution in [0, 0.1) is 5.92 Å². The Kier molecular flexibility index (Phi) is 2.36. The van der Waals surface area contributed by atoms with Crippen LogP contribution in [0.25, 0.3) is 0 Å². The molecule has 1 aromatic rings. The molecule has 2 N–H and O–H groups in total. The maximum atomic E-state index is 11.5. The maximum absolute atomic E-state index is 11.5. The summed E-state index contributed by atoms with van der Waals surface area (Å²) in [6, 6.07) is 0. The number of carboxylic acid groups (broad SMARTS) is 1. The Bertz CT molecular complexity index is 417. The molecule has 0 aliphatic carbocycles. The van der Waals surface area contributed by atoms with Crippen molar-refractivity contribution < 1.29 is 14.7 Å². The van der Waals surface area contributed by atoms with Gasteiger partial charge in [-0.25, -0.2) is 0 Å². The normalized spacial score (nSPS) is 21.0. The van der Waals surface area contributed by atoms with Gasteiger partial charge in [-0.1, -0.05) is 11.6 Å². The summed E-state index contributed by atoms with van der Waals surface area (Å²) in [5.41, 5.74) is 0.436. The topological polar surface area (TPSA) is 86.3 Å². The molecule has 0 bridgehead atoms. The van der Waals surface area contributed by atoms with Gasteiger partial charge in [0, 0.05) is 13.0 Å². The van der Waals surface area contributed by atoms with Crippen molar-refractivity contribution in [3.63, 3.8) is 0 Å². The Morgan fingerprint density at radius 2 is 2.47 bits per heavy atom. The van der Waals surface area contributed by atoms with E-state index in [-0.39, 0.29) is 24.0 Å². The summed E-state index contributed by atoms with van der Waals surface area (Å²) in [4.78, 5) is 23.6. The number of halogens is 1. The van der Waals surface area contributed by atoms with Gasteiger partial charge in [-0.2, -0.15) is 5.10 Å². The number of anilines is 1.